The highest BCUT2D eigenvalue weighted by molar-refractivity contribution is 6.29. The molecule has 86 valence electrons. The molecule has 0 unspecified atom stereocenters. The van der Waals surface area contributed by atoms with Crippen molar-refractivity contribution in [3.63, 3.8) is 0 Å². The molecule has 2 N–H and O–H groups in total. The van der Waals surface area contributed by atoms with E-state index < -0.39 is 0 Å². The Morgan fingerprint density at radius 2 is 2.41 bits per heavy atom. The minimum Gasteiger partial charge on any atom is -0.364 e. The van der Waals surface area contributed by atoms with Crippen molar-refractivity contribution in [1.82, 2.24) is 29.5 Å². The normalized spacial score (nSPS) is 10.9. The summed E-state index contributed by atoms with van der Waals surface area (Å²) in [6.45, 7) is 0.593. The van der Waals surface area contributed by atoms with E-state index in [2.05, 4.69) is 30.4 Å². The molecule has 0 atom stereocenters. The summed E-state index contributed by atoms with van der Waals surface area (Å²) in [7, 11) is 0. The molecule has 0 bridgehead atoms. The molecule has 0 radical (unpaired) electrons. The lowest BCUT2D eigenvalue weighted by Crippen LogP contribution is -2.06. The Labute approximate surface area is 101 Å². The summed E-state index contributed by atoms with van der Waals surface area (Å²) in [6, 6.07) is 1.69. The maximum atomic E-state index is 5.89. The highest BCUT2D eigenvalue weighted by Crippen LogP contribution is 2.14. The summed E-state index contributed by atoms with van der Waals surface area (Å²) < 4.78 is 1.59. The fraction of sp³-hybridized carbons (Fsp3) is 0.111. The zero-order chi connectivity index (χ0) is 11.7. The standard InChI is InChI=1S/C9H8ClN7/c10-7-1-8(12-3-6-2-11-4-13-6)17-9(16-7)14-5-15-17/h1-2,4-5,12H,3H2,(H,11,13). The number of fused-ring (bicyclic) bond motifs is 1. The second-order valence-corrected chi connectivity index (χ2v) is 3.75. The van der Waals surface area contributed by atoms with Crippen LogP contribution in [0.15, 0.2) is 24.9 Å². The number of hydrogen-bond acceptors (Lipinski definition) is 5. The zero-order valence-corrected chi connectivity index (χ0v) is 9.39. The Hall–Kier alpha value is -2.15. The third kappa shape index (κ3) is 1.92. The molecule has 3 rings (SSSR count). The number of H-pyrrole nitrogens is 1. The van der Waals surface area contributed by atoms with Gasteiger partial charge in [-0.25, -0.2) is 4.98 Å². The first-order valence-electron chi connectivity index (χ1n) is 4.90. The second-order valence-electron chi connectivity index (χ2n) is 3.37. The average molecular weight is 250 g/mol. The van der Waals surface area contributed by atoms with Gasteiger partial charge >= 0.3 is 0 Å². The average Bonchev–Trinajstić information content (AvgIpc) is 2.95. The molecular formula is C9H8ClN7. The first-order chi connectivity index (χ1) is 8.33. The zero-order valence-electron chi connectivity index (χ0n) is 8.63. The molecule has 0 fully saturated rings. The highest BCUT2D eigenvalue weighted by atomic mass is 35.5. The third-order valence-corrected chi connectivity index (χ3v) is 2.43. The Morgan fingerprint density at radius 1 is 1.47 bits per heavy atom. The molecule has 3 aromatic heterocycles. The second kappa shape index (κ2) is 4.02. The summed E-state index contributed by atoms with van der Waals surface area (Å²) in [5, 5.41) is 7.61. The predicted molar refractivity (Wildman–Crippen MR) is 61.7 cm³/mol. The molecule has 0 amide bonds. The van der Waals surface area contributed by atoms with Crippen molar-refractivity contribution in [3.8, 4) is 0 Å². The van der Waals surface area contributed by atoms with Gasteiger partial charge in [0.25, 0.3) is 5.78 Å². The molecule has 0 spiro atoms. The Kier molecular flexibility index (Phi) is 2.37. The largest absolute Gasteiger partial charge is 0.364 e. The minimum absolute atomic E-state index is 0.373. The van der Waals surface area contributed by atoms with E-state index in [0.29, 0.717) is 17.5 Å². The van der Waals surface area contributed by atoms with Gasteiger partial charge in [-0.1, -0.05) is 11.6 Å². The van der Waals surface area contributed by atoms with Crippen LogP contribution in [-0.2, 0) is 6.54 Å². The van der Waals surface area contributed by atoms with Crippen molar-refractivity contribution in [2.45, 2.75) is 6.54 Å². The number of nitrogens with one attached hydrogen (secondary N) is 2. The van der Waals surface area contributed by atoms with Crippen molar-refractivity contribution in [1.29, 1.82) is 0 Å². The van der Waals surface area contributed by atoms with Gasteiger partial charge in [-0.3, -0.25) is 0 Å². The van der Waals surface area contributed by atoms with Gasteiger partial charge < -0.3 is 10.3 Å². The van der Waals surface area contributed by atoms with E-state index in [-0.39, 0.29) is 0 Å². The van der Waals surface area contributed by atoms with Crippen LogP contribution in [0.25, 0.3) is 5.78 Å². The van der Waals surface area contributed by atoms with E-state index in [9.17, 15) is 0 Å². The van der Waals surface area contributed by atoms with Crippen molar-refractivity contribution in [2.24, 2.45) is 0 Å². The van der Waals surface area contributed by atoms with Gasteiger partial charge in [0.1, 0.15) is 17.3 Å². The van der Waals surface area contributed by atoms with E-state index in [1.807, 2.05) is 0 Å². The molecule has 0 aliphatic rings. The van der Waals surface area contributed by atoms with Crippen LogP contribution in [0.3, 0.4) is 0 Å². The maximum Gasteiger partial charge on any atom is 0.255 e. The van der Waals surface area contributed by atoms with Crippen LogP contribution in [0.4, 0.5) is 5.82 Å². The molecule has 3 aromatic rings. The first-order valence-corrected chi connectivity index (χ1v) is 5.28. The van der Waals surface area contributed by atoms with E-state index in [0.717, 1.165) is 11.5 Å². The highest BCUT2D eigenvalue weighted by Gasteiger charge is 2.06. The van der Waals surface area contributed by atoms with Crippen LogP contribution in [0.2, 0.25) is 5.15 Å². The molecule has 8 heteroatoms. The van der Waals surface area contributed by atoms with Crippen molar-refractivity contribution < 1.29 is 0 Å². The van der Waals surface area contributed by atoms with Gasteiger partial charge in [0.15, 0.2) is 0 Å². The fourth-order valence-corrected chi connectivity index (χ4v) is 1.66. The summed E-state index contributed by atoms with van der Waals surface area (Å²) in [4.78, 5) is 14.9. The quantitative estimate of drug-likeness (QED) is 0.680. The number of nitrogens with zero attached hydrogens (tertiary/aromatic N) is 5. The number of halogens is 1. The van der Waals surface area contributed by atoms with E-state index in [4.69, 9.17) is 11.6 Å². The van der Waals surface area contributed by atoms with E-state index in [1.165, 1.54) is 6.33 Å². The van der Waals surface area contributed by atoms with Gasteiger partial charge in [0.2, 0.25) is 0 Å². The van der Waals surface area contributed by atoms with Crippen LogP contribution in [0, 0.1) is 0 Å². The van der Waals surface area contributed by atoms with Gasteiger partial charge in [-0.2, -0.15) is 19.6 Å². The van der Waals surface area contributed by atoms with Gasteiger partial charge in [-0.15, -0.1) is 0 Å². The smallest absolute Gasteiger partial charge is 0.255 e. The number of aromatic amines is 1. The van der Waals surface area contributed by atoms with Crippen LogP contribution in [0.1, 0.15) is 5.69 Å². The lowest BCUT2D eigenvalue weighted by Gasteiger charge is -2.06. The SMILES string of the molecule is Clc1cc(NCc2cnc[nH]2)n2ncnc2n1. The van der Waals surface area contributed by atoms with Crippen LogP contribution < -0.4 is 5.32 Å². The fourth-order valence-electron chi connectivity index (χ4n) is 1.48. The summed E-state index contributed by atoms with van der Waals surface area (Å²) in [6.07, 6.45) is 4.80. The molecule has 7 nitrogen and oxygen atoms in total. The molecule has 0 saturated carbocycles. The summed E-state index contributed by atoms with van der Waals surface area (Å²) in [5.74, 6) is 1.19. The number of aromatic nitrogens is 6. The maximum absolute atomic E-state index is 5.89. The summed E-state index contributed by atoms with van der Waals surface area (Å²) >= 11 is 5.89. The van der Waals surface area contributed by atoms with Crippen LogP contribution in [0.5, 0.6) is 0 Å². The predicted octanol–water partition coefficient (Wildman–Crippen LogP) is 1.11. The Morgan fingerprint density at radius 3 is 3.24 bits per heavy atom. The first kappa shape index (κ1) is 10.0. The lowest BCUT2D eigenvalue weighted by molar-refractivity contribution is 0.919. The monoisotopic (exact) mass is 249 g/mol. The molecule has 3 heterocycles. The molecule has 0 aliphatic carbocycles. The van der Waals surface area contributed by atoms with Crippen LogP contribution in [-0.4, -0.2) is 29.5 Å². The van der Waals surface area contributed by atoms with Crippen molar-refractivity contribution >= 4 is 23.2 Å². The van der Waals surface area contributed by atoms with Gasteiger partial charge in [0.05, 0.1) is 18.6 Å². The number of imidazole rings is 1. The van der Waals surface area contributed by atoms with Crippen molar-refractivity contribution in [3.05, 3.63) is 35.8 Å². The topological polar surface area (TPSA) is 83.8 Å². The molecule has 0 aromatic carbocycles. The molecule has 17 heavy (non-hydrogen) atoms. The molecule has 0 aliphatic heterocycles. The lowest BCUT2D eigenvalue weighted by atomic mass is 10.4. The van der Waals surface area contributed by atoms with Crippen LogP contribution >= 0.6 is 11.6 Å². The van der Waals surface area contributed by atoms with E-state index in [1.54, 1.807) is 23.1 Å². The third-order valence-electron chi connectivity index (χ3n) is 2.24. The van der Waals surface area contributed by atoms with Gasteiger partial charge in [0, 0.05) is 12.3 Å². The Bertz CT molecular complexity index is 630. The van der Waals surface area contributed by atoms with Crippen molar-refractivity contribution in [2.75, 3.05) is 5.32 Å². The Balaban J connectivity index is 1.91. The molecular weight excluding hydrogens is 242 g/mol. The number of anilines is 1. The van der Waals surface area contributed by atoms with Gasteiger partial charge in [-0.05, 0) is 0 Å². The minimum atomic E-state index is 0.373. The number of hydrogen-bond donors (Lipinski definition) is 2. The van der Waals surface area contributed by atoms with E-state index >= 15 is 0 Å². The summed E-state index contributed by atoms with van der Waals surface area (Å²) in [5.41, 5.74) is 0.964. The molecule has 0 saturated heterocycles. The number of rotatable bonds is 3.